The summed E-state index contributed by atoms with van der Waals surface area (Å²) in [6, 6.07) is 20.0. The molecule has 0 atom stereocenters. The maximum absolute atomic E-state index is 13.3. The van der Waals surface area contributed by atoms with Gasteiger partial charge in [-0.1, -0.05) is 18.2 Å². The summed E-state index contributed by atoms with van der Waals surface area (Å²) in [7, 11) is 0. The van der Waals surface area contributed by atoms with E-state index in [4.69, 9.17) is 17.3 Å². The van der Waals surface area contributed by atoms with Gasteiger partial charge in [-0.05, 0) is 60.7 Å². The summed E-state index contributed by atoms with van der Waals surface area (Å²) >= 11 is 5.58. The lowest BCUT2D eigenvalue weighted by molar-refractivity contribution is 0.389. The van der Waals surface area contributed by atoms with E-state index < -0.39 is 0 Å². The third kappa shape index (κ3) is 4.04. The molecule has 0 spiro atoms. The summed E-state index contributed by atoms with van der Waals surface area (Å²) < 4.78 is 15.0. The number of thiocarbonyl (C=S) groups is 1. The number of fused-ring (bicyclic) bond motifs is 1. The lowest BCUT2D eigenvalue weighted by atomic mass is 10.2. The van der Waals surface area contributed by atoms with E-state index in [1.165, 1.54) is 12.1 Å². The number of halogens is 1. The van der Waals surface area contributed by atoms with Gasteiger partial charge in [-0.3, -0.25) is 0 Å². The Morgan fingerprint density at radius 2 is 1.61 bits per heavy atom. The average molecular weight is 434 g/mol. The number of hydrogen-bond acceptors (Lipinski definition) is 5. The van der Waals surface area contributed by atoms with Crippen LogP contribution in [-0.4, -0.2) is 56.0 Å². The predicted octanol–water partition coefficient (Wildman–Crippen LogP) is 3.45. The Morgan fingerprint density at radius 1 is 0.871 bits per heavy atom. The zero-order chi connectivity index (χ0) is 21.2. The van der Waals surface area contributed by atoms with Crippen molar-refractivity contribution in [3.8, 4) is 11.4 Å². The van der Waals surface area contributed by atoms with E-state index in [0.29, 0.717) is 11.5 Å². The number of nitrogens with zero attached hydrogens (tertiary/aromatic N) is 6. The van der Waals surface area contributed by atoms with Crippen LogP contribution in [0.4, 0.5) is 15.9 Å². The van der Waals surface area contributed by atoms with Crippen LogP contribution in [0.5, 0.6) is 0 Å². The third-order valence-corrected chi connectivity index (χ3v) is 5.63. The van der Waals surface area contributed by atoms with Gasteiger partial charge >= 0.3 is 0 Å². The molecule has 2 aromatic carbocycles. The molecule has 1 saturated heterocycles. The van der Waals surface area contributed by atoms with Crippen molar-refractivity contribution in [2.75, 3.05) is 36.4 Å². The molecule has 0 bridgehead atoms. The number of nitrogens with one attached hydrogen (secondary N) is 1. The summed E-state index contributed by atoms with van der Waals surface area (Å²) in [5.74, 6) is 1.14. The molecule has 31 heavy (non-hydrogen) atoms. The van der Waals surface area contributed by atoms with E-state index >= 15 is 0 Å². The molecule has 9 heteroatoms. The Morgan fingerprint density at radius 3 is 2.35 bits per heavy atom. The van der Waals surface area contributed by atoms with Crippen LogP contribution < -0.4 is 10.2 Å². The molecular formula is C22H20FN7S. The quantitative estimate of drug-likeness (QED) is 0.497. The van der Waals surface area contributed by atoms with Gasteiger partial charge in [-0.15, -0.1) is 15.3 Å². The van der Waals surface area contributed by atoms with Crippen LogP contribution in [0, 0.1) is 5.82 Å². The zero-order valence-corrected chi connectivity index (χ0v) is 17.5. The second-order valence-electron chi connectivity index (χ2n) is 7.26. The lowest BCUT2D eigenvalue weighted by Crippen LogP contribution is -2.50. The van der Waals surface area contributed by atoms with E-state index in [1.54, 1.807) is 16.6 Å². The van der Waals surface area contributed by atoms with Gasteiger partial charge in [-0.2, -0.15) is 4.52 Å². The minimum absolute atomic E-state index is 0.288. The molecule has 1 aliphatic rings. The van der Waals surface area contributed by atoms with Gasteiger partial charge in [0, 0.05) is 37.4 Å². The topological polar surface area (TPSA) is 61.6 Å². The van der Waals surface area contributed by atoms with Crippen LogP contribution in [0.3, 0.4) is 0 Å². The largest absolute Gasteiger partial charge is 0.352 e. The summed E-state index contributed by atoms with van der Waals surface area (Å²) in [6.07, 6.45) is 0. The molecule has 0 aliphatic carbocycles. The van der Waals surface area contributed by atoms with Crippen LogP contribution in [0.15, 0.2) is 66.7 Å². The number of hydrogen-bond donors (Lipinski definition) is 1. The van der Waals surface area contributed by atoms with Crippen LogP contribution in [0.2, 0.25) is 0 Å². The van der Waals surface area contributed by atoms with Crippen molar-refractivity contribution < 1.29 is 4.39 Å². The molecule has 5 rings (SSSR count). The van der Waals surface area contributed by atoms with Gasteiger partial charge in [0.25, 0.3) is 0 Å². The normalized spacial score (nSPS) is 14.1. The summed E-state index contributed by atoms with van der Waals surface area (Å²) in [6.45, 7) is 3.18. The number of aromatic nitrogens is 4. The van der Waals surface area contributed by atoms with Crippen LogP contribution in [0.1, 0.15) is 0 Å². The van der Waals surface area contributed by atoms with Gasteiger partial charge in [0.15, 0.2) is 16.6 Å². The van der Waals surface area contributed by atoms with E-state index in [2.05, 4.69) is 25.3 Å². The summed E-state index contributed by atoms with van der Waals surface area (Å²) in [5, 5.41) is 17.2. The first-order chi connectivity index (χ1) is 15.2. The third-order valence-electron chi connectivity index (χ3n) is 5.27. The highest BCUT2D eigenvalue weighted by Gasteiger charge is 2.21. The number of para-hydroxylation sites is 1. The molecule has 3 heterocycles. The number of rotatable bonds is 3. The van der Waals surface area contributed by atoms with E-state index in [-0.39, 0.29) is 5.82 Å². The van der Waals surface area contributed by atoms with E-state index in [1.807, 2.05) is 42.5 Å². The van der Waals surface area contributed by atoms with Gasteiger partial charge in [0.2, 0.25) is 0 Å². The van der Waals surface area contributed by atoms with Crippen molar-refractivity contribution in [1.29, 1.82) is 0 Å². The smallest absolute Gasteiger partial charge is 0.185 e. The summed E-state index contributed by atoms with van der Waals surface area (Å²) in [5.41, 5.74) is 2.40. The molecule has 1 N–H and O–H groups in total. The fourth-order valence-electron chi connectivity index (χ4n) is 3.59. The number of piperazine rings is 1. The van der Waals surface area contributed by atoms with Crippen molar-refractivity contribution >= 4 is 34.5 Å². The molecule has 0 amide bonds. The zero-order valence-electron chi connectivity index (χ0n) is 16.6. The number of anilines is 2. The van der Waals surface area contributed by atoms with Crippen LogP contribution in [-0.2, 0) is 0 Å². The first kappa shape index (κ1) is 19.4. The molecule has 4 aromatic rings. The first-order valence-corrected chi connectivity index (χ1v) is 10.4. The van der Waals surface area contributed by atoms with Gasteiger partial charge in [0.05, 0.1) is 0 Å². The highest BCUT2D eigenvalue weighted by Crippen LogP contribution is 2.21. The highest BCUT2D eigenvalue weighted by molar-refractivity contribution is 7.80. The molecule has 0 unspecified atom stereocenters. The van der Waals surface area contributed by atoms with Crippen molar-refractivity contribution in [2.24, 2.45) is 0 Å². The van der Waals surface area contributed by atoms with E-state index in [9.17, 15) is 4.39 Å². The second kappa shape index (κ2) is 8.27. The predicted molar refractivity (Wildman–Crippen MR) is 123 cm³/mol. The van der Waals surface area contributed by atoms with Gasteiger partial charge < -0.3 is 15.1 Å². The minimum atomic E-state index is -0.288. The number of benzene rings is 2. The standard InChI is InChI=1S/C22H20FN7S/c23-17-8-6-16(7-9-17)21-26-25-19-10-11-20(27-30(19)21)28-12-14-29(15-13-28)22(31)24-18-4-2-1-3-5-18/h1-11H,12-15H2,(H,24,31). The molecule has 7 nitrogen and oxygen atoms in total. The molecule has 1 fully saturated rings. The maximum Gasteiger partial charge on any atom is 0.185 e. The fourth-order valence-corrected chi connectivity index (χ4v) is 3.89. The Kier molecular flexibility index (Phi) is 5.17. The SMILES string of the molecule is Fc1ccc(-c2nnc3ccc(N4CCN(C(=S)Nc5ccccc5)CC4)nn23)cc1. The van der Waals surface area contributed by atoms with Crippen molar-refractivity contribution in [3.63, 3.8) is 0 Å². The van der Waals surface area contributed by atoms with Crippen LogP contribution >= 0.6 is 12.2 Å². The fraction of sp³-hybridized carbons (Fsp3) is 0.182. The minimum Gasteiger partial charge on any atom is -0.352 e. The van der Waals surface area contributed by atoms with Gasteiger partial charge in [0.1, 0.15) is 11.6 Å². The molecule has 0 radical (unpaired) electrons. The second-order valence-corrected chi connectivity index (χ2v) is 7.65. The average Bonchev–Trinajstić information content (AvgIpc) is 3.24. The Balaban J connectivity index is 1.30. The monoisotopic (exact) mass is 433 g/mol. The first-order valence-electron chi connectivity index (χ1n) is 10.0. The summed E-state index contributed by atoms with van der Waals surface area (Å²) in [4.78, 5) is 4.38. The Hall–Kier alpha value is -3.59. The molecule has 2 aromatic heterocycles. The maximum atomic E-state index is 13.3. The molecular weight excluding hydrogens is 413 g/mol. The van der Waals surface area contributed by atoms with E-state index in [0.717, 1.165) is 48.4 Å². The van der Waals surface area contributed by atoms with Crippen molar-refractivity contribution in [2.45, 2.75) is 0 Å². The molecule has 156 valence electrons. The van der Waals surface area contributed by atoms with Crippen molar-refractivity contribution in [3.05, 3.63) is 72.5 Å². The van der Waals surface area contributed by atoms with Crippen molar-refractivity contribution in [1.82, 2.24) is 24.7 Å². The van der Waals surface area contributed by atoms with Gasteiger partial charge in [-0.25, -0.2) is 4.39 Å². The molecule has 0 saturated carbocycles. The Labute approximate surface area is 184 Å². The Bertz CT molecular complexity index is 1200. The lowest BCUT2D eigenvalue weighted by Gasteiger charge is -2.36. The molecule has 1 aliphatic heterocycles. The van der Waals surface area contributed by atoms with Crippen LogP contribution in [0.25, 0.3) is 17.0 Å². The highest BCUT2D eigenvalue weighted by atomic mass is 32.1.